The van der Waals surface area contributed by atoms with Gasteiger partial charge in [0.2, 0.25) is 0 Å². The number of benzene rings is 2. The maximum Gasteiger partial charge on any atom is 0.416 e. The van der Waals surface area contributed by atoms with Gasteiger partial charge in [0.25, 0.3) is 17.3 Å². The summed E-state index contributed by atoms with van der Waals surface area (Å²) in [7, 11) is 0. The number of carbonyl (C=O) groups is 1. The van der Waals surface area contributed by atoms with Crippen LogP contribution in [0.5, 0.6) is 0 Å². The molecule has 0 spiro atoms. The molecule has 0 N–H and O–H groups in total. The molecule has 0 unspecified atom stereocenters. The molecule has 1 fully saturated rings. The predicted molar refractivity (Wildman–Crippen MR) is 111 cm³/mol. The van der Waals surface area contributed by atoms with Gasteiger partial charge in [-0.2, -0.15) is 13.2 Å². The Hall–Kier alpha value is -3.35. The third-order valence-corrected chi connectivity index (χ3v) is 5.81. The first kappa shape index (κ1) is 23.3. The molecule has 3 rings (SSSR count). The van der Waals surface area contributed by atoms with Gasteiger partial charge < -0.3 is 9.80 Å². The normalized spacial score (nSPS) is 14.4. The molecule has 2 aromatic rings. The average molecular weight is 470 g/mol. The number of halogens is 3. The number of amides is 1. The molecule has 1 saturated heterocycles. The third kappa shape index (κ3) is 4.77. The van der Waals surface area contributed by atoms with Gasteiger partial charge in [0, 0.05) is 43.9 Å². The van der Waals surface area contributed by atoms with E-state index in [1.54, 1.807) is 11.2 Å². The maximum atomic E-state index is 12.9. The lowest BCUT2D eigenvalue weighted by Crippen LogP contribution is -2.49. The van der Waals surface area contributed by atoms with Gasteiger partial charge >= 0.3 is 6.18 Å². The fourth-order valence-electron chi connectivity index (χ4n) is 3.41. The minimum Gasteiger partial charge on any atom is -0.362 e. The number of alkyl halides is 3. The van der Waals surface area contributed by atoms with Crippen LogP contribution in [-0.2, 0) is 6.18 Å². The van der Waals surface area contributed by atoms with E-state index in [-0.39, 0.29) is 43.1 Å². The summed E-state index contributed by atoms with van der Waals surface area (Å²) in [6, 6.07) is 6.54. The third-order valence-electron chi connectivity index (χ3n) is 5.03. The molecular formula is C19H17F3N4O5S. The first-order chi connectivity index (χ1) is 15.0. The second-order valence-corrected chi connectivity index (χ2v) is 7.73. The van der Waals surface area contributed by atoms with Crippen LogP contribution in [0.4, 0.5) is 30.2 Å². The highest BCUT2D eigenvalue weighted by Crippen LogP contribution is 2.37. The zero-order valence-electron chi connectivity index (χ0n) is 16.7. The van der Waals surface area contributed by atoms with Crippen molar-refractivity contribution in [3.8, 4) is 0 Å². The van der Waals surface area contributed by atoms with E-state index in [9.17, 15) is 38.2 Å². The molecule has 0 radical (unpaired) electrons. The van der Waals surface area contributed by atoms with Crippen LogP contribution in [-0.4, -0.2) is 53.1 Å². The lowest BCUT2D eigenvalue weighted by molar-refractivity contribution is -0.387. The van der Waals surface area contributed by atoms with Gasteiger partial charge in [-0.3, -0.25) is 25.0 Å². The number of hydrogen-bond donors (Lipinski definition) is 0. The smallest absolute Gasteiger partial charge is 0.362 e. The lowest BCUT2D eigenvalue weighted by Gasteiger charge is -2.36. The van der Waals surface area contributed by atoms with Crippen LogP contribution in [0.1, 0.15) is 15.9 Å². The van der Waals surface area contributed by atoms with Gasteiger partial charge in [-0.15, -0.1) is 11.8 Å². The summed E-state index contributed by atoms with van der Waals surface area (Å²) in [6.07, 6.45) is -3.02. The molecule has 13 heteroatoms. The van der Waals surface area contributed by atoms with Crippen LogP contribution in [0, 0.1) is 20.2 Å². The van der Waals surface area contributed by atoms with Gasteiger partial charge in [-0.25, -0.2) is 0 Å². The largest absolute Gasteiger partial charge is 0.416 e. The Morgan fingerprint density at radius 2 is 1.59 bits per heavy atom. The molecular weight excluding hydrogens is 453 g/mol. The van der Waals surface area contributed by atoms with E-state index in [1.165, 1.54) is 34.9 Å². The summed E-state index contributed by atoms with van der Waals surface area (Å²) >= 11 is 1.19. The van der Waals surface area contributed by atoms with Crippen molar-refractivity contribution in [3.63, 3.8) is 0 Å². The quantitative estimate of drug-likeness (QED) is 0.366. The predicted octanol–water partition coefficient (Wildman–Crippen LogP) is 4.21. The number of nitro groups is 2. The van der Waals surface area contributed by atoms with Crippen LogP contribution < -0.4 is 4.90 Å². The number of rotatable bonds is 5. The Bertz CT molecular complexity index is 1070. The first-order valence-corrected chi connectivity index (χ1v) is 10.5. The molecule has 1 heterocycles. The van der Waals surface area contributed by atoms with Crippen molar-refractivity contribution in [2.75, 3.05) is 37.3 Å². The van der Waals surface area contributed by atoms with Crippen LogP contribution in [0.3, 0.4) is 0 Å². The number of nitro benzene ring substituents is 2. The Balaban J connectivity index is 1.77. The summed E-state index contributed by atoms with van der Waals surface area (Å²) in [5, 5.41) is 22.6. The molecule has 0 bridgehead atoms. The van der Waals surface area contributed by atoms with Crippen molar-refractivity contribution in [2.24, 2.45) is 0 Å². The molecule has 170 valence electrons. The van der Waals surface area contributed by atoms with E-state index in [1.807, 2.05) is 0 Å². The Morgan fingerprint density at radius 3 is 2.12 bits per heavy atom. The Morgan fingerprint density at radius 1 is 0.969 bits per heavy atom. The summed E-state index contributed by atoms with van der Waals surface area (Å²) in [6.45, 7) is 0.607. The van der Waals surface area contributed by atoms with E-state index < -0.39 is 33.2 Å². The fourth-order valence-corrected chi connectivity index (χ4v) is 3.96. The van der Waals surface area contributed by atoms with Crippen LogP contribution >= 0.6 is 11.8 Å². The van der Waals surface area contributed by atoms with E-state index in [4.69, 9.17) is 0 Å². The average Bonchev–Trinajstić information content (AvgIpc) is 2.77. The van der Waals surface area contributed by atoms with Crippen LogP contribution in [0.25, 0.3) is 0 Å². The van der Waals surface area contributed by atoms with E-state index in [0.717, 1.165) is 12.1 Å². The second kappa shape index (κ2) is 9.02. The molecule has 1 aliphatic rings. The van der Waals surface area contributed by atoms with Gasteiger partial charge in [0.1, 0.15) is 5.69 Å². The molecule has 32 heavy (non-hydrogen) atoms. The Labute approximate surface area is 184 Å². The van der Waals surface area contributed by atoms with E-state index in [2.05, 4.69) is 0 Å². The van der Waals surface area contributed by atoms with Crippen molar-refractivity contribution in [1.82, 2.24) is 4.90 Å². The standard InChI is InChI=1S/C19H17F3N4O5S/c1-32-17-5-2-12(10-16(17)26(30)31)18(27)24-8-6-23(7-9-24)14-4-3-13(19(20,21)22)11-15(14)25(28)29/h2-5,10-11H,6-9H2,1H3. The molecule has 0 saturated carbocycles. The highest BCUT2D eigenvalue weighted by Gasteiger charge is 2.34. The SMILES string of the molecule is CSc1ccc(C(=O)N2CCN(c3ccc(C(F)(F)F)cc3[N+](=O)[O-])CC2)cc1[N+](=O)[O-]. The summed E-state index contributed by atoms with van der Waals surface area (Å²) in [5.74, 6) is -0.428. The maximum absolute atomic E-state index is 12.9. The number of nitrogens with zero attached hydrogens (tertiary/aromatic N) is 4. The number of thioether (sulfide) groups is 1. The van der Waals surface area contributed by atoms with Gasteiger partial charge in [-0.05, 0) is 30.5 Å². The number of carbonyl (C=O) groups excluding carboxylic acids is 1. The zero-order chi connectivity index (χ0) is 23.6. The van der Waals surface area contributed by atoms with E-state index >= 15 is 0 Å². The van der Waals surface area contributed by atoms with Crippen LogP contribution in [0.15, 0.2) is 41.3 Å². The van der Waals surface area contributed by atoms with Crippen LogP contribution in [0.2, 0.25) is 0 Å². The molecule has 9 nitrogen and oxygen atoms in total. The molecule has 1 amide bonds. The van der Waals surface area contributed by atoms with E-state index in [0.29, 0.717) is 11.0 Å². The highest BCUT2D eigenvalue weighted by atomic mass is 32.2. The van der Waals surface area contributed by atoms with Gasteiger partial charge in [0.15, 0.2) is 0 Å². The highest BCUT2D eigenvalue weighted by molar-refractivity contribution is 7.98. The minimum atomic E-state index is -4.71. The summed E-state index contributed by atoms with van der Waals surface area (Å²) in [4.78, 5) is 37.3. The number of anilines is 1. The van der Waals surface area contributed by atoms with Crippen molar-refractivity contribution < 1.29 is 27.8 Å². The zero-order valence-corrected chi connectivity index (χ0v) is 17.5. The molecule has 1 aliphatic heterocycles. The topological polar surface area (TPSA) is 110 Å². The van der Waals surface area contributed by atoms with Crippen molar-refractivity contribution in [3.05, 3.63) is 67.8 Å². The summed E-state index contributed by atoms with van der Waals surface area (Å²) in [5.41, 5.74) is -1.78. The van der Waals surface area contributed by atoms with Crippen molar-refractivity contribution >= 4 is 34.7 Å². The molecule has 0 aromatic heterocycles. The number of piperazine rings is 1. The van der Waals surface area contributed by atoms with Gasteiger partial charge in [0.05, 0.1) is 20.3 Å². The monoisotopic (exact) mass is 470 g/mol. The minimum absolute atomic E-state index is 0.0371. The lowest BCUT2D eigenvalue weighted by atomic mass is 10.1. The van der Waals surface area contributed by atoms with Crippen molar-refractivity contribution in [1.29, 1.82) is 0 Å². The number of hydrogen-bond acceptors (Lipinski definition) is 7. The van der Waals surface area contributed by atoms with Crippen molar-refractivity contribution in [2.45, 2.75) is 11.1 Å². The second-order valence-electron chi connectivity index (χ2n) is 6.88. The van der Waals surface area contributed by atoms with Gasteiger partial charge in [-0.1, -0.05) is 0 Å². The first-order valence-electron chi connectivity index (χ1n) is 9.25. The summed E-state index contributed by atoms with van der Waals surface area (Å²) < 4.78 is 38.7. The molecule has 2 aromatic carbocycles. The molecule has 0 atom stereocenters. The fraction of sp³-hybridized carbons (Fsp3) is 0.316. The molecule has 0 aliphatic carbocycles. The Kier molecular flexibility index (Phi) is 6.57.